The molecule has 0 aromatic carbocycles. The number of carbonyl (C=O) groups is 1. The Morgan fingerprint density at radius 2 is 2.26 bits per heavy atom. The van der Waals surface area contributed by atoms with E-state index in [1.165, 1.54) is 5.57 Å². The SMILES string of the molecule is C=C1CC(c2cc(C(=O)OCC)nn2CC(C)C)C1. The second-order valence-corrected chi connectivity index (χ2v) is 5.61. The number of aromatic nitrogens is 2. The van der Waals surface area contributed by atoms with E-state index in [2.05, 4.69) is 25.5 Å². The maximum absolute atomic E-state index is 11.8. The molecule has 0 aliphatic heterocycles. The van der Waals surface area contributed by atoms with E-state index >= 15 is 0 Å². The zero-order chi connectivity index (χ0) is 14.0. The van der Waals surface area contributed by atoms with Gasteiger partial charge in [-0.15, -0.1) is 0 Å². The van der Waals surface area contributed by atoms with Gasteiger partial charge in [-0.3, -0.25) is 4.68 Å². The van der Waals surface area contributed by atoms with Crippen molar-refractivity contribution in [2.45, 2.75) is 46.1 Å². The molecule has 0 saturated heterocycles. The molecule has 104 valence electrons. The van der Waals surface area contributed by atoms with Gasteiger partial charge in [-0.2, -0.15) is 5.10 Å². The molecule has 19 heavy (non-hydrogen) atoms. The van der Waals surface area contributed by atoms with E-state index in [1.54, 1.807) is 6.92 Å². The van der Waals surface area contributed by atoms with Crippen molar-refractivity contribution in [3.05, 3.63) is 29.6 Å². The molecule has 0 N–H and O–H groups in total. The van der Waals surface area contributed by atoms with Crippen molar-refractivity contribution in [1.29, 1.82) is 0 Å². The Balaban J connectivity index is 2.23. The number of nitrogens with zero attached hydrogens (tertiary/aromatic N) is 2. The highest BCUT2D eigenvalue weighted by molar-refractivity contribution is 5.87. The van der Waals surface area contributed by atoms with Gasteiger partial charge in [-0.05, 0) is 31.7 Å². The molecule has 1 aliphatic rings. The van der Waals surface area contributed by atoms with Gasteiger partial charge in [0.15, 0.2) is 5.69 Å². The first kappa shape index (κ1) is 13.8. The summed E-state index contributed by atoms with van der Waals surface area (Å²) in [4.78, 5) is 11.8. The topological polar surface area (TPSA) is 44.1 Å². The summed E-state index contributed by atoms with van der Waals surface area (Å²) in [6.45, 7) is 11.3. The third kappa shape index (κ3) is 3.06. The molecule has 1 aliphatic carbocycles. The summed E-state index contributed by atoms with van der Waals surface area (Å²) in [7, 11) is 0. The van der Waals surface area contributed by atoms with Crippen molar-refractivity contribution in [2.75, 3.05) is 6.61 Å². The molecule has 4 nitrogen and oxygen atoms in total. The van der Waals surface area contributed by atoms with Crippen LogP contribution < -0.4 is 0 Å². The monoisotopic (exact) mass is 262 g/mol. The van der Waals surface area contributed by atoms with Crippen LogP contribution in [0.5, 0.6) is 0 Å². The smallest absolute Gasteiger partial charge is 0.358 e. The summed E-state index contributed by atoms with van der Waals surface area (Å²) in [6, 6.07) is 1.89. The van der Waals surface area contributed by atoms with Crippen LogP contribution in [-0.4, -0.2) is 22.4 Å². The summed E-state index contributed by atoms with van der Waals surface area (Å²) in [5, 5.41) is 4.41. The molecular formula is C15H22N2O2. The molecule has 0 spiro atoms. The van der Waals surface area contributed by atoms with Crippen molar-refractivity contribution < 1.29 is 9.53 Å². The van der Waals surface area contributed by atoms with Gasteiger partial charge >= 0.3 is 5.97 Å². The molecular weight excluding hydrogens is 240 g/mol. The highest BCUT2D eigenvalue weighted by Crippen LogP contribution is 2.40. The number of rotatable bonds is 5. The fraction of sp³-hybridized carbons (Fsp3) is 0.600. The maximum Gasteiger partial charge on any atom is 0.358 e. The zero-order valence-electron chi connectivity index (χ0n) is 12.0. The lowest BCUT2D eigenvalue weighted by Crippen LogP contribution is -2.18. The lowest BCUT2D eigenvalue weighted by Gasteiger charge is -2.29. The number of carbonyl (C=O) groups excluding carboxylic acids is 1. The first-order valence-electron chi connectivity index (χ1n) is 6.92. The Kier molecular flexibility index (Phi) is 4.08. The minimum Gasteiger partial charge on any atom is -0.461 e. The molecule has 0 unspecified atom stereocenters. The predicted molar refractivity (Wildman–Crippen MR) is 74.1 cm³/mol. The Labute approximate surface area is 114 Å². The Morgan fingerprint density at radius 1 is 1.58 bits per heavy atom. The van der Waals surface area contributed by atoms with Crippen LogP contribution in [0.4, 0.5) is 0 Å². The summed E-state index contributed by atoms with van der Waals surface area (Å²) in [5.74, 6) is 0.628. The fourth-order valence-electron chi connectivity index (χ4n) is 2.40. The highest BCUT2D eigenvalue weighted by atomic mass is 16.5. The molecule has 0 amide bonds. The maximum atomic E-state index is 11.8. The lowest BCUT2D eigenvalue weighted by molar-refractivity contribution is 0.0518. The van der Waals surface area contributed by atoms with Gasteiger partial charge in [0.1, 0.15) is 0 Å². The van der Waals surface area contributed by atoms with E-state index in [4.69, 9.17) is 4.74 Å². The predicted octanol–water partition coefficient (Wildman–Crippen LogP) is 3.15. The number of ether oxygens (including phenoxy) is 1. The quantitative estimate of drug-likeness (QED) is 0.605. The first-order valence-corrected chi connectivity index (χ1v) is 6.92. The lowest BCUT2D eigenvalue weighted by atomic mass is 9.79. The minimum absolute atomic E-state index is 0.329. The van der Waals surface area contributed by atoms with Crippen LogP contribution in [-0.2, 0) is 11.3 Å². The summed E-state index contributed by atoms with van der Waals surface area (Å²) in [5.41, 5.74) is 2.85. The molecule has 0 radical (unpaired) electrons. The van der Waals surface area contributed by atoms with Crippen molar-refractivity contribution in [3.8, 4) is 0 Å². The van der Waals surface area contributed by atoms with Crippen LogP contribution in [0.15, 0.2) is 18.2 Å². The van der Waals surface area contributed by atoms with Crippen LogP contribution in [0.25, 0.3) is 0 Å². The second kappa shape index (κ2) is 5.59. The van der Waals surface area contributed by atoms with Gasteiger partial charge in [-0.25, -0.2) is 4.79 Å². The van der Waals surface area contributed by atoms with Gasteiger partial charge in [0.05, 0.1) is 6.61 Å². The molecule has 1 saturated carbocycles. The van der Waals surface area contributed by atoms with Gasteiger partial charge in [0.25, 0.3) is 0 Å². The van der Waals surface area contributed by atoms with Crippen LogP contribution in [0.1, 0.15) is 55.7 Å². The van der Waals surface area contributed by atoms with Gasteiger partial charge in [-0.1, -0.05) is 26.0 Å². The summed E-state index contributed by atoms with van der Waals surface area (Å²) < 4.78 is 6.99. The molecule has 2 rings (SSSR count). The normalized spacial score (nSPS) is 15.7. The number of hydrogen-bond donors (Lipinski definition) is 0. The molecule has 1 aromatic rings. The molecule has 1 fully saturated rings. The van der Waals surface area contributed by atoms with E-state index in [0.717, 1.165) is 25.1 Å². The van der Waals surface area contributed by atoms with Crippen molar-refractivity contribution in [1.82, 2.24) is 9.78 Å². The average Bonchev–Trinajstić information content (AvgIpc) is 2.68. The van der Waals surface area contributed by atoms with Crippen molar-refractivity contribution in [3.63, 3.8) is 0 Å². The standard InChI is InChI=1S/C15H22N2O2/c1-5-19-15(18)13-8-14(12-6-11(4)7-12)17(16-13)9-10(2)3/h8,10,12H,4-7,9H2,1-3H3. The van der Waals surface area contributed by atoms with E-state index in [0.29, 0.717) is 24.1 Å². The zero-order valence-corrected chi connectivity index (χ0v) is 12.0. The molecule has 1 heterocycles. The van der Waals surface area contributed by atoms with Crippen LogP contribution in [0.3, 0.4) is 0 Å². The number of hydrogen-bond acceptors (Lipinski definition) is 3. The fourth-order valence-corrected chi connectivity index (χ4v) is 2.40. The minimum atomic E-state index is -0.329. The Morgan fingerprint density at radius 3 is 2.79 bits per heavy atom. The highest BCUT2D eigenvalue weighted by Gasteiger charge is 2.28. The Bertz CT molecular complexity index is 480. The van der Waals surface area contributed by atoms with E-state index in [-0.39, 0.29) is 5.97 Å². The van der Waals surface area contributed by atoms with Gasteiger partial charge < -0.3 is 4.74 Å². The van der Waals surface area contributed by atoms with Gasteiger partial charge in [0.2, 0.25) is 0 Å². The Hall–Kier alpha value is -1.58. The van der Waals surface area contributed by atoms with E-state index < -0.39 is 0 Å². The van der Waals surface area contributed by atoms with Crippen LogP contribution >= 0.6 is 0 Å². The molecule has 0 bridgehead atoms. The number of allylic oxidation sites excluding steroid dienone is 1. The third-order valence-electron chi connectivity index (χ3n) is 3.32. The summed E-state index contributed by atoms with van der Waals surface area (Å²) >= 11 is 0. The molecule has 4 heteroatoms. The molecule has 1 aromatic heterocycles. The largest absolute Gasteiger partial charge is 0.461 e. The summed E-state index contributed by atoms with van der Waals surface area (Å²) in [6.07, 6.45) is 2.01. The van der Waals surface area contributed by atoms with Crippen LogP contribution in [0, 0.1) is 5.92 Å². The van der Waals surface area contributed by atoms with Gasteiger partial charge in [0, 0.05) is 18.2 Å². The van der Waals surface area contributed by atoms with Crippen molar-refractivity contribution in [2.24, 2.45) is 5.92 Å². The third-order valence-corrected chi connectivity index (χ3v) is 3.32. The number of esters is 1. The average molecular weight is 262 g/mol. The second-order valence-electron chi connectivity index (χ2n) is 5.61. The van der Waals surface area contributed by atoms with E-state index in [9.17, 15) is 4.79 Å². The first-order chi connectivity index (χ1) is 9.01. The molecule has 0 atom stereocenters. The van der Waals surface area contributed by atoms with E-state index in [1.807, 2.05) is 10.7 Å². The van der Waals surface area contributed by atoms with Crippen LogP contribution in [0.2, 0.25) is 0 Å². The van der Waals surface area contributed by atoms with Crippen molar-refractivity contribution >= 4 is 5.97 Å².